The number of anilines is 2. The Bertz CT molecular complexity index is 1410. The monoisotopic (exact) mass is 584 g/mol. The Balaban J connectivity index is 1.62. The molecule has 37 heavy (non-hydrogen) atoms. The van der Waals surface area contributed by atoms with Crippen molar-refractivity contribution in [3.05, 3.63) is 87.4 Å². The summed E-state index contributed by atoms with van der Waals surface area (Å²) in [6, 6.07) is 15.5. The van der Waals surface area contributed by atoms with Crippen LogP contribution >= 0.6 is 34.8 Å². The smallest absolute Gasteiger partial charge is 0.411 e. The van der Waals surface area contributed by atoms with Gasteiger partial charge in [0.05, 0.1) is 21.5 Å². The third-order valence-electron chi connectivity index (χ3n) is 4.98. The number of sulfone groups is 1. The van der Waals surface area contributed by atoms with Crippen LogP contribution in [0.3, 0.4) is 0 Å². The van der Waals surface area contributed by atoms with Crippen molar-refractivity contribution in [2.45, 2.75) is 16.6 Å². The first-order valence-corrected chi connectivity index (χ1v) is 13.2. The van der Waals surface area contributed by atoms with Gasteiger partial charge in [0.1, 0.15) is 0 Å². The first-order chi connectivity index (χ1) is 17.5. The summed E-state index contributed by atoms with van der Waals surface area (Å²) < 4.78 is 30.8. The van der Waals surface area contributed by atoms with Gasteiger partial charge in [0.15, 0.2) is 15.1 Å². The lowest BCUT2D eigenvalue weighted by Crippen LogP contribution is -2.32. The summed E-state index contributed by atoms with van der Waals surface area (Å²) in [5.74, 6) is -2.11. The fourth-order valence-corrected chi connectivity index (χ4v) is 5.03. The predicted octanol–water partition coefficient (Wildman–Crippen LogP) is 5.76. The van der Waals surface area contributed by atoms with Crippen LogP contribution in [-0.4, -0.2) is 43.4 Å². The van der Waals surface area contributed by atoms with Gasteiger partial charge in [-0.25, -0.2) is 13.2 Å². The van der Waals surface area contributed by atoms with Gasteiger partial charge in [0, 0.05) is 28.4 Å². The normalized spacial score (nSPS) is 11.9. The molecule has 13 heteroatoms. The summed E-state index contributed by atoms with van der Waals surface area (Å²) in [5, 5.41) is 13.6. The van der Waals surface area contributed by atoms with Crippen molar-refractivity contribution in [2.75, 3.05) is 17.2 Å². The van der Waals surface area contributed by atoms with E-state index < -0.39 is 46.1 Å². The molecule has 0 aromatic heterocycles. The van der Waals surface area contributed by atoms with E-state index in [2.05, 4.69) is 10.6 Å². The zero-order chi connectivity index (χ0) is 27.2. The second kappa shape index (κ2) is 12.3. The number of nitrogens with one attached hydrogen (secondary N) is 2. The standard InChI is InChI=1S/C24H19Cl3N2O7S/c25-15-3-5-16(6-4-15)28-22(30)14-1-8-18(9-2-14)37(34,35)21(23(31)32)11-12-36-24(33)29-17-7-10-19(26)20(27)13-17/h1-10,13,21H,11-12H2,(H,28,30)(H,29,33)(H,31,32). The highest BCUT2D eigenvalue weighted by molar-refractivity contribution is 7.92. The molecule has 9 nitrogen and oxygen atoms in total. The zero-order valence-corrected chi connectivity index (χ0v) is 21.9. The molecule has 1 atom stereocenters. The Morgan fingerprint density at radius 3 is 2.05 bits per heavy atom. The number of hydrogen-bond acceptors (Lipinski definition) is 6. The van der Waals surface area contributed by atoms with Gasteiger partial charge in [-0.1, -0.05) is 34.8 Å². The lowest BCUT2D eigenvalue weighted by atomic mass is 10.2. The van der Waals surface area contributed by atoms with Crippen LogP contribution in [0, 0.1) is 0 Å². The van der Waals surface area contributed by atoms with E-state index in [0.29, 0.717) is 10.7 Å². The van der Waals surface area contributed by atoms with Crippen molar-refractivity contribution in [3.63, 3.8) is 0 Å². The average molecular weight is 586 g/mol. The maximum atomic E-state index is 12.9. The van der Waals surface area contributed by atoms with Crippen LogP contribution in [0.4, 0.5) is 16.2 Å². The zero-order valence-electron chi connectivity index (χ0n) is 18.8. The molecule has 0 saturated heterocycles. The van der Waals surface area contributed by atoms with Gasteiger partial charge in [0.2, 0.25) is 0 Å². The van der Waals surface area contributed by atoms with Crippen LogP contribution in [0.15, 0.2) is 71.6 Å². The van der Waals surface area contributed by atoms with E-state index in [1.807, 2.05) is 0 Å². The van der Waals surface area contributed by atoms with E-state index in [4.69, 9.17) is 39.5 Å². The number of carboxylic acid groups (broad SMARTS) is 1. The molecule has 0 radical (unpaired) electrons. The average Bonchev–Trinajstić information content (AvgIpc) is 2.85. The van der Waals surface area contributed by atoms with Crippen LogP contribution in [0.5, 0.6) is 0 Å². The van der Waals surface area contributed by atoms with Crippen molar-refractivity contribution in [1.29, 1.82) is 0 Å². The van der Waals surface area contributed by atoms with Gasteiger partial charge < -0.3 is 15.2 Å². The molecule has 0 aliphatic rings. The van der Waals surface area contributed by atoms with Crippen molar-refractivity contribution in [1.82, 2.24) is 0 Å². The summed E-state index contributed by atoms with van der Waals surface area (Å²) >= 11 is 17.5. The number of carbonyl (C=O) groups excluding carboxylic acids is 2. The van der Waals surface area contributed by atoms with E-state index in [0.717, 1.165) is 12.1 Å². The van der Waals surface area contributed by atoms with Crippen molar-refractivity contribution >= 4 is 74.0 Å². The van der Waals surface area contributed by atoms with Crippen LogP contribution in [-0.2, 0) is 19.4 Å². The molecule has 3 rings (SSSR count). The number of ether oxygens (including phenoxy) is 1. The van der Waals surface area contributed by atoms with Gasteiger partial charge in [0.25, 0.3) is 5.91 Å². The number of hydrogen-bond donors (Lipinski definition) is 3. The molecule has 0 aliphatic carbocycles. The second-order valence-electron chi connectivity index (χ2n) is 7.54. The topological polar surface area (TPSA) is 139 Å². The fraction of sp³-hybridized carbons (Fsp3) is 0.125. The number of carbonyl (C=O) groups is 3. The molecular weight excluding hydrogens is 567 g/mol. The Labute approximate surface area is 227 Å². The molecule has 2 amide bonds. The molecule has 0 fully saturated rings. The van der Waals surface area contributed by atoms with Gasteiger partial charge in [-0.05, 0) is 66.7 Å². The van der Waals surface area contributed by atoms with Crippen molar-refractivity contribution in [3.8, 4) is 0 Å². The van der Waals surface area contributed by atoms with Crippen LogP contribution in [0.25, 0.3) is 0 Å². The van der Waals surface area contributed by atoms with Gasteiger partial charge >= 0.3 is 12.1 Å². The van der Waals surface area contributed by atoms with Crippen LogP contribution in [0.1, 0.15) is 16.8 Å². The number of carboxylic acids is 1. The minimum atomic E-state index is -4.36. The van der Waals surface area contributed by atoms with Crippen molar-refractivity contribution in [2.24, 2.45) is 0 Å². The summed E-state index contributed by atoms with van der Waals surface area (Å²) in [5.41, 5.74) is 0.922. The predicted molar refractivity (Wildman–Crippen MR) is 141 cm³/mol. The minimum Gasteiger partial charge on any atom is -0.480 e. The third kappa shape index (κ3) is 7.59. The van der Waals surface area contributed by atoms with E-state index >= 15 is 0 Å². The first-order valence-electron chi connectivity index (χ1n) is 10.5. The number of halogens is 3. The Morgan fingerprint density at radius 1 is 0.838 bits per heavy atom. The van der Waals surface area contributed by atoms with Crippen molar-refractivity contribution < 1.29 is 32.6 Å². The molecule has 3 N–H and O–H groups in total. The number of benzene rings is 3. The third-order valence-corrected chi connectivity index (χ3v) is 8.08. The Morgan fingerprint density at radius 2 is 1.46 bits per heavy atom. The van der Waals surface area contributed by atoms with E-state index in [1.165, 1.54) is 30.3 Å². The molecule has 3 aromatic rings. The summed E-state index contributed by atoms with van der Waals surface area (Å²) in [7, 11) is -4.36. The molecule has 0 aliphatic heterocycles. The number of aliphatic carboxylic acids is 1. The number of rotatable bonds is 9. The summed E-state index contributed by atoms with van der Waals surface area (Å²) in [6.45, 7) is -0.495. The molecule has 194 valence electrons. The highest BCUT2D eigenvalue weighted by atomic mass is 35.5. The van der Waals surface area contributed by atoms with Gasteiger partial charge in [-0.3, -0.25) is 14.9 Å². The van der Waals surface area contributed by atoms with Crippen LogP contribution < -0.4 is 10.6 Å². The maximum Gasteiger partial charge on any atom is 0.411 e. The first kappa shape index (κ1) is 28.3. The second-order valence-corrected chi connectivity index (χ2v) is 10.9. The molecule has 0 bridgehead atoms. The van der Waals surface area contributed by atoms with Crippen LogP contribution in [0.2, 0.25) is 15.1 Å². The number of amides is 2. The SMILES string of the molecule is O=C(Nc1ccc(Cl)c(Cl)c1)OCCC(C(=O)O)S(=O)(=O)c1ccc(C(=O)Nc2ccc(Cl)cc2)cc1. The summed E-state index contributed by atoms with van der Waals surface area (Å²) in [4.78, 5) is 35.8. The Hall–Kier alpha value is -3.31. The Kier molecular flexibility index (Phi) is 9.39. The summed E-state index contributed by atoms with van der Waals surface area (Å²) in [6.07, 6.45) is -1.44. The molecular formula is C24H19Cl3N2O7S. The molecule has 0 saturated carbocycles. The highest BCUT2D eigenvalue weighted by Gasteiger charge is 2.34. The maximum absolute atomic E-state index is 12.9. The van der Waals surface area contributed by atoms with Gasteiger partial charge in [-0.2, -0.15) is 0 Å². The molecule has 3 aromatic carbocycles. The molecule has 0 heterocycles. The van der Waals surface area contributed by atoms with E-state index in [-0.39, 0.29) is 26.2 Å². The van der Waals surface area contributed by atoms with Gasteiger partial charge in [-0.15, -0.1) is 0 Å². The minimum absolute atomic E-state index is 0.156. The van der Waals surface area contributed by atoms with E-state index in [1.54, 1.807) is 24.3 Å². The largest absolute Gasteiger partial charge is 0.480 e. The fourth-order valence-electron chi connectivity index (χ4n) is 3.09. The van der Waals surface area contributed by atoms with E-state index in [9.17, 15) is 27.9 Å². The lowest BCUT2D eigenvalue weighted by molar-refractivity contribution is -0.136. The molecule has 1 unspecified atom stereocenters. The quantitative estimate of drug-likeness (QED) is 0.290. The lowest BCUT2D eigenvalue weighted by Gasteiger charge is -2.14. The molecule has 0 spiro atoms. The highest BCUT2D eigenvalue weighted by Crippen LogP contribution is 2.25.